The maximum atomic E-state index is 12.9. The summed E-state index contributed by atoms with van der Waals surface area (Å²) in [6.07, 6.45) is 0.700. The number of aryl methyl sites for hydroxylation is 2. The van der Waals surface area contributed by atoms with E-state index in [1.54, 1.807) is 6.07 Å². The Bertz CT molecular complexity index is 1140. The minimum atomic E-state index is -0.411. The highest BCUT2D eigenvalue weighted by molar-refractivity contribution is 5.77. The van der Waals surface area contributed by atoms with E-state index >= 15 is 0 Å². The van der Waals surface area contributed by atoms with Gasteiger partial charge < -0.3 is 14.8 Å². The predicted octanol–water partition coefficient (Wildman–Crippen LogP) is 6.41. The molecule has 0 aliphatic rings. The zero-order valence-corrected chi connectivity index (χ0v) is 21.5. The van der Waals surface area contributed by atoms with Crippen molar-refractivity contribution in [3.63, 3.8) is 0 Å². The molecule has 3 aromatic rings. The molecule has 0 saturated carbocycles. The first kappa shape index (κ1) is 26.7. The van der Waals surface area contributed by atoms with Gasteiger partial charge in [-0.25, -0.2) is 0 Å². The third-order valence-electron chi connectivity index (χ3n) is 6.06. The number of nitro groups is 1. The summed E-state index contributed by atoms with van der Waals surface area (Å²) in [7, 11) is 1.50. The van der Waals surface area contributed by atoms with E-state index in [0.29, 0.717) is 23.5 Å². The van der Waals surface area contributed by atoms with Gasteiger partial charge in [0.25, 0.3) is 5.69 Å². The second-order valence-electron chi connectivity index (χ2n) is 9.25. The summed E-state index contributed by atoms with van der Waals surface area (Å²) in [4.78, 5) is 24.0. The van der Waals surface area contributed by atoms with Crippen LogP contribution in [-0.4, -0.2) is 24.5 Å². The molecule has 3 rings (SSSR count). The number of hydrogen-bond acceptors (Lipinski definition) is 5. The maximum Gasteiger partial charge on any atom is 0.276 e. The van der Waals surface area contributed by atoms with Crippen molar-refractivity contribution in [3.8, 4) is 11.5 Å². The molecule has 0 unspecified atom stereocenters. The zero-order valence-electron chi connectivity index (χ0n) is 21.5. The van der Waals surface area contributed by atoms with Crippen LogP contribution in [0, 0.1) is 24.0 Å². The summed E-state index contributed by atoms with van der Waals surface area (Å²) in [5, 5.41) is 14.7. The van der Waals surface area contributed by atoms with Gasteiger partial charge in [-0.05, 0) is 43.4 Å². The quantitative estimate of drug-likeness (QED) is 0.191. The summed E-state index contributed by atoms with van der Waals surface area (Å²) in [5.74, 6) is 0.601. The van der Waals surface area contributed by atoms with Crippen molar-refractivity contribution in [2.24, 2.45) is 0 Å². The fraction of sp³-hybridized carbons (Fsp3) is 0.345. The Morgan fingerprint density at radius 1 is 0.944 bits per heavy atom. The summed E-state index contributed by atoms with van der Waals surface area (Å²) in [6.45, 7) is 8.07. The van der Waals surface area contributed by atoms with E-state index in [9.17, 15) is 14.9 Å². The molecule has 36 heavy (non-hydrogen) atoms. The topological polar surface area (TPSA) is 90.7 Å². The lowest BCUT2D eigenvalue weighted by molar-refractivity contribution is -0.385. The fourth-order valence-electron chi connectivity index (χ4n) is 3.98. The van der Waals surface area contributed by atoms with E-state index in [1.165, 1.54) is 13.2 Å². The average Bonchev–Trinajstić information content (AvgIpc) is 2.85. The molecule has 0 atom stereocenters. The standard InChI is InChI=1S/C29H34N2O5/c1-19(2)24-17-26(35-5)27(18-25(24)31(33)34)36-16-6-7-28(32)30-29(22-12-8-20(3)9-13-22)23-14-10-21(4)11-15-23/h8-15,17-19,29H,6-7,16H2,1-5H3,(H,30,32). The summed E-state index contributed by atoms with van der Waals surface area (Å²) in [6, 6.07) is 19.1. The van der Waals surface area contributed by atoms with E-state index in [4.69, 9.17) is 9.47 Å². The van der Waals surface area contributed by atoms with Crippen molar-refractivity contribution in [3.05, 3.63) is 98.6 Å². The van der Waals surface area contributed by atoms with Crippen LogP contribution in [0.15, 0.2) is 60.7 Å². The number of benzene rings is 3. The molecule has 0 saturated heterocycles. The summed E-state index contributed by atoms with van der Waals surface area (Å²) in [5.41, 5.74) is 4.91. The van der Waals surface area contributed by atoms with Crippen molar-refractivity contribution in [2.45, 2.75) is 52.5 Å². The summed E-state index contributed by atoms with van der Waals surface area (Å²) >= 11 is 0. The SMILES string of the molecule is COc1cc(C(C)C)c([N+](=O)[O-])cc1OCCCC(=O)NC(c1ccc(C)cc1)c1ccc(C)cc1. The lowest BCUT2D eigenvalue weighted by Crippen LogP contribution is -2.29. The molecule has 0 fully saturated rings. The van der Waals surface area contributed by atoms with Crippen molar-refractivity contribution in [2.75, 3.05) is 13.7 Å². The largest absolute Gasteiger partial charge is 0.493 e. The van der Waals surface area contributed by atoms with Crippen molar-refractivity contribution < 1.29 is 19.2 Å². The van der Waals surface area contributed by atoms with Crippen molar-refractivity contribution in [1.29, 1.82) is 0 Å². The van der Waals surface area contributed by atoms with E-state index in [2.05, 4.69) is 5.32 Å². The van der Waals surface area contributed by atoms with Crippen LogP contribution in [0.2, 0.25) is 0 Å². The number of ether oxygens (including phenoxy) is 2. The first-order chi connectivity index (χ1) is 17.2. The second-order valence-corrected chi connectivity index (χ2v) is 9.25. The molecule has 0 bridgehead atoms. The number of carbonyl (C=O) groups is 1. The Morgan fingerprint density at radius 3 is 1.97 bits per heavy atom. The molecule has 7 heteroatoms. The summed E-state index contributed by atoms with van der Waals surface area (Å²) < 4.78 is 11.2. The molecule has 0 radical (unpaired) electrons. The highest BCUT2D eigenvalue weighted by atomic mass is 16.6. The van der Waals surface area contributed by atoms with Crippen molar-refractivity contribution in [1.82, 2.24) is 5.32 Å². The maximum absolute atomic E-state index is 12.9. The van der Waals surface area contributed by atoms with Gasteiger partial charge in [-0.2, -0.15) is 0 Å². The number of nitrogens with one attached hydrogen (secondary N) is 1. The van der Waals surface area contributed by atoms with Crippen LogP contribution >= 0.6 is 0 Å². The van der Waals surface area contributed by atoms with Crippen LogP contribution in [0.5, 0.6) is 11.5 Å². The molecule has 7 nitrogen and oxygen atoms in total. The van der Waals surface area contributed by atoms with Crippen LogP contribution < -0.4 is 14.8 Å². The molecule has 0 heterocycles. The van der Waals surface area contributed by atoms with Gasteiger partial charge in [0.15, 0.2) is 11.5 Å². The molecular weight excluding hydrogens is 456 g/mol. The normalized spacial score (nSPS) is 11.0. The van der Waals surface area contributed by atoms with Crippen LogP contribution in [0.1, 0.15) is 66.5 Å². The van der Waals surface area contributed by atoms with Gasteiger partial charge in [0.05, 0.1) is 30.7 Å². The third kappa shape index (κ3) is 6.84. The van der Waals surface area contributed by atoms with Crippen LogP contribution in [0.25, 0.3) is 0 Å². The fourth-order valence-corrected chi connectivity index (χ4v) is 3.98. The Kier molecular flexibility index (Phi) is 9.06. The highest BCUT2D eigenvalue weighted by Crippen LogP contribution is 2.38. The lowest BCUT2D eigenvalue weighted by atomic mass is 9.97. The number of carbonyl (C=O) groups excluding carboxylic acids is 1. The zero-order chi connectivity index (χ0) is 26.2. The second kappa shape index (κ2) is 12.2. The number of nitro benzene ring substituents is 1. The molecular formula is C29H34N2O5. The van der Waals surface area contributed by atoms with Gasteiger partial charge in [0, 0.05) is 12.0 Å². The molecule has 190 valence electrons. The molecule has 0 aliphatic carbocycles. The van der Waals surface area contributed by atoms with Crippen LogP contribution in [-0.2, 0) is 4.79 Å². The Labute approximate surface area is 212 Å². The Morgan fingerprint density at radius 2 is 1.50 bits per heavy atom. The number of nitrogens with zero attached hydrogens (tertiary/aromatic N) is 1. The first-order valence-electron chi connectivity index (χ1n) is 12.1. The van der Waals surface area contributed by atoms with Gasteiger partial charge >= 0.3 is 0 Å². The van der Waals surface area contributed by atoms with E-state index in [1.807, 2.05) is 76.2 Å². The lowest BCUT2D eigenvalue weighted by Gasteiger charge is -2.20. The van der Waals surface area contributed by atoms with E-state index in [-0.39, 0.29) is 36.6 Å². The minimum Gasteiger partial charge on any atom is -0.493 e. The van der Waals surface area contributed by atoms with Gasteiger partial charge in [0.2, 0.25) is 5.91 Å². The van der Waals surface area contributed by atoms with Crippen LogP contribution in [0.4, 0.5) is 5.69 Å². The molecule has 0 spiro atoms. The third-order valence-corrected chi connectivity index (χ3v) is 6.06. The predicted molar refractivity (Wildman–Crippen MR) is 141 cm³/mol. The van der Waals surface area contributed by atoms with E-state index < -0.39 is 4.92 Å². The Hall–Kier alpha value is -3.87. The highest BCUT2D eigenvalue weighted by Gasteiger charge is 2.22. The molecule has 1 N–H and O–H groups in total. The molecule has 0 aromatic heterocycles. The van der Waals surface area contributed by atoms with Gasteiger partial charge in [0.1, 0.15) is 0 Å². The van der Waals surface area contributed by atoms with Crippen LogP contribution in [0.3, 0.4) is 0 Å². The van der Waals surface area contributed by atoms with Gasteiger partial charge in [-0.3, -0.25) is 14.9 Å². The molecule has 1 amide bonds. The number of hydrogen-bond donors (Lipinski definition) is 1. The van der Waals surface area contributed by atoms with Gasteiger partial charge in [-0.1, -0.05) is 73.5 Å². The van der Waals surface area contributed by atoms with Gasteiger partial charge in [-0.15, -0.1) is 0 Å². The number of methoxy groups -OCH3 is 1. The average molecular weight is 491 g/mol. The first-order valence-corrected chi connectivity index (χ1v) is 12.1. The minimum absolute atomic E-state index is 0.00224. The Balaban J connectivity index is 1.65. The molecule has 0 aliphatic heterocycles. The number of rotatable bonds is 11. The monoisotopic (exact) mass is 490 g/mol. The van der Waals surface area contributed by atoms with E-state index in [0.717, 1.165) is 22.3 Å². The molecule has 3 aromatic carbocycles. The number of amides is 1. The van der Waals surface area contributed by atoms with Crippen molar-refractivity contribution >= 4 is 11.6 Å². The smallest absolute Gasteiger partial charge is 0.276 e.